The zero-order valence-electron chi connectivity index (χ0n) is 5.78. The maximum absolute atomic E-state index is 7.09. The molecule has 0 radical (unpaired) electrons. The number of hydrogen-bond donors (Lipinski definition) is 2. The summed E-state index contributed by atoms with van der Waals surface area (Å²) >= 11 is 0. The fraction of sp³-hybridized carbons (Fsp3) is 0.833. The van der Waals surface area contributed by atoms with E-state index in [0.717, 1.165) is 12.1 Å². The lowest BCUT2D eigenvalue weighted by Crippen LogP contribution is -2.23. The van der Waals surface area contributed by atoms with Crippen molar-refractivity contribution in [3.63, 3.8) is 0 Å². The van der Waals surface area contributed by atoms with E-state index in [9.17, 15) is 0 Å². The summed E-state index contributed by atoms with van der Waals surface area (Å²) in [4.78, 5) is 0. The minimum Gasteiger partial charge on any atom is -0.317 e. The quantitative estimate of drug-likeness (QED) is 0.528. The molecule has 0 heterocycles. The molecule has 0 amide bonds. The molecule has 2 heteroatoms. The topological polar surface area (TPSA) is 35.9 Å². The molecule has 0 aliphatic rings. The highest BCUT2D eigenvalue weighted by Crippen LogP contribution is 1.88. The van der Waals surface area contributed by atoms with Crippen LogP contribution in [0.2, 0.25) is 0 Å². The third kappa shape index (κ3) is 3.81. The largest absolute Gasteiger partial charge is 0.317 e. The molecule has 0 bridgehead atoms. The van der Waals surface area contributed by atoms with Gasteiger partial charge in [0.05, 0.1) is 0 Å². The minimum absolute atomic E-state index is 0.451. The van der Waals surface area contributed by atoms with Gasteiger partial charge < -0.3 is 10.7 Å². The van der Waals surface area contributed by atoms with Gasteiger partial charge in [0.15, 0.2) is 0 Å². The second-order valence-corrected chi connectivity index (χ2v) is 2.17. The van der Waals surface area contributed by atoms with Crippen LogP contribution < -0.4 is 5.32 Å². The van der Waals surface area contributed by atoms with Gasteiger partial charge in [0.2, 0.25) is 0 Å². The second kappa shape index (κ2) is 3.61. The van der Waals surface area contributed by atoms with Crippen LogP contribution in [-0.4, -0.2) is 18.8 Å². The summed E-state index contributed by atoms with van der Waals surface area (Å²) in [7, 11) is 1.91. The van der Waals surface area contributed by atoms with Crippen LogP contribution in [0.15, 0.2) is 0 Å². The van der Waals surface area contributed by atoms with Crippen molar-refractivity contribution in [2.75, 3.05) is 7.05 Å². The summed E-state index contributed by atoms with van der Waals surface area (Å²) in [5.41, 5.74) is 0.742. The molecule has 0 aliphatic heterocycles. The van der Waals surface area contributed by atoms with Crippen molar-refractivity contribution in [3.8, 4) is 0 Å². The molecular formula is C6H14N2. The maximum Gasteiger partial charge on any atom is 0.00876 e. The van der Waals surface area contributed by atoms with E-state index in [1.54, 1.807) is 0 Å². The maximum atomic E-state index is 7.09. The van der Waals surface area contributed by atoms with Gasteiger partial charge >= 0.3 is 0 Å². The predicted octanol–water partition coefficient (Wildman–Crippen LogP) is 1.02. The predicted molar refractivity (Wildman–Crippen MR) is 36.5 cm³/mol. The molecule has 0 aromatic rings. The van der Waals surface area contributed by atoms with Crippen molar-refractivity contribution < 1.29 is 0 Å². The molecule has 0 rings (SSSR count). The van der Waals surface area contributed by atoms with Crippen molar-refractivity contribution in [3.05, 3.63) is 0 Å². The van der Waals surface area contributed by atoms with E-state index in [0.29, 0.717) is 6.04 Å². The van der Waals surface area contributed by atoms with Crippen LogP contribution in [0.1, 0.15) is 20.3 Å². The van der Waals surface area contributed by atoms with Crippen LogP contribution in [0, 0.1) is 5.41 Å². The molecule has 0 saturated carbocycles. The molecule has 8 heavy (non-hydrogen) atoms. The molecule has 2 nitrogen and oxygen atoms in total. The normalized spacial score (nSPS) is 13.4. The summed E-state index contributed by atoms with van der Waals surface area (Å²) in [5.74, 6) is 0. The van der Waals surface area contributed by atoms with Crippen LogP contribution in [0.3, 0.4) is 0 Å². The fourth-order valence-electron chi connectivity index (χ4n) is 0.561. The highest BCUT2D eigenvalue weighted by atomic mass is 14.8. The summed E-state index contributed by atoms with van der Waals surface area (Å²) in [6.07, 6.45) is 0.858. The molecule has 0 saturated heterocycles. The Morgan fingerprint density at radius 3 is 2.38 bits per heavy atom. The molecule has 0 aliphatic carbocycles. The van der Waals surface area contributed by atoms with Crippen LogP contribution >= 0.6 is 0 Å². The van der Waals surface area contributed by atoms with Crippen molar-refractivity contribution in [2.45, 2.75) is 26.3 Å². The highest BCUT2D eigenvalue weighted by molar-refractivity contribution is 5.79. The molecule has 0 aromatic carbocycles. The van der Waals surface area contributed by atoms with Crippen LogP contribution in [0.25, 0.3) is 0 Å². The first-order valence-electron chi connectivity index (χ1n) is 2.88. The van der Waals surface area contributed by atoms with Gasteiger partial charge in [-0.3, -0.25) is 0 Å². The molecule has 1 atom stereocenters. The van der Waals surface area contributed by atoms with Gasteiger partial charge in [-0.15, -0.1) is 0 Å². The standard InChI is InChI=1S/C6H14N2/c1-5(7)4-6(2)8-3/h6-8H,4H2,1-3H3/t6-/m1/s1. The number of rotatable bonds is 3. The van der Waals surface area contributed by atoms with Gasteiger partial charge in [-0.2, -0.15) is 0 Å². The van der Waals surface area contributed by atoms with Crippen LogP contribution in [0.4, 0.5) is 0 Å². The Labute approximate surface area is 50.8 Å². The van der Waals surface area contributed by atoms with Gasteiger partial charge in [-0.05, 0) is 27.3 Å². The fourth-order valence-corrected chi connectivity index (χ4v) is 0.561. The van der Waals surface area contributed by atoms with Crippen LogP contribution in [0.5, 0.6) is 0 Å². The Bertz CT molecular complexity index is 78.6. The van der Waals surface area contributed by atoms with E-state index in [-0.39, 0.29) is 0 Å². The molecule has 48 valence electrons. The monoisotopic (exact) mass is 114 g/mol. The molecule has 0 aromatic heterocycles. The summed E-state index contributed by atoms with van der Waals surface area (Å²) < 4.78 is 0. The summed E-state index contributed by atoms with van der Waals surface area (Å²) in [6.45, 7) is 3.89. The molecular weight excluding hydrogens is 100 g/mol. The zero-order valence-corrected chi connectivity index (χ0v) is 5.78. The third-order valence-corrected chi connectivity index (χ3v) is 1.11. The Hall–Kier alpha value is -0.370. The van der Waals surface area contributed by atoms with Crippen molar-refractivity contribution >= 4 is 5.71 Å². The Morgan fingerprint density at radius 1 is 1.75 bits per heavy atom. The van der Waals surface area contributed by atoms with E-state index in [2.05, 4.69) is 12.2 Å². The lowest BCUT2D eigenvalue weighted by atomic mass is 10.2. The molecule has 0 fully saturated rings. The Morgan fingerprint density at radius 2 is 2.25 bits per heavy atom. The van der Waals surface area contributed by atoms with Crippen LogP contribution in [-0.2, 0) is 0 Å². The third-order valence-electron chi connectivity index (χ3n) is 1.11. The SMILES string of the molecule is CN[C@H](C)CC(C)=N. The van der Waals surface area contributed by atoms with Crippen molar-refractivity contribution in [1.82, 2.24) is 5.32 Å². The van der Waals surface area contributed by atoms with Crippen molar-refractivity contribution in [2.24, 2.45) is 0 Å². The highest BCUT2D eigenvalue weighted by Gasteiger charge is 1.96. The Kier molecular flexibility index (Phi) is 3.44. The zero-order chi connectivity index (χ0) is 6.57. The summed E-state index contributed by atoms with van der Waals surface area (Å²) in [5, 5.41) is 10.1. The molecule has 0 unspecified atom stereocenters. The van der Waals surface area contributed by atoms with E-state index in [4.69, 9.17) is 5.41 Å². The second-order valence-electron chi connectivity index (χ2n) is 2.17. The molecule has 0 spiro atoms. The average Bonchev–Trinajstić information content (AvgIpc) is 1.65. The lowest BCUT2D eigenvalue weighted by Gasteiger charge is -2.06. The van der Waals surface area contributed by atoms with E-state index < -0.39 is 0 Å². The first-order chi connectivity index (χ1) is 3.66. The van der Waals surface area contributed by atoms with Gasteiger partial charge in [-0.25, -0.2) is 0 Å². The number of hydrogen-bond acceptors (Lipinski definition) is 2. The van der Waals surface area contributed by atoms with E-state index >= 15 is 0 Å². The van der Waals surface area contributed by atoms with E-state index in [1.165, 1.54) is 0 Å². The van der Waals surface area contributed by atoms with Gasteiger partial charge in [0, 0.05) is 11.8 Å². The first-order valence-corrected chi connectivity index (χ1v) is 2.88. The minimum atomic E-state index is 0.451. The Balaban J connectivity index is 3.24. The van der Waals surface area contributed by atoms with Crippen molar-refractivity contribution in [1.29, 1.82) is 5.41 Å². The van der Waals surface area contributed by atoms with Gasteiger partial charge in [-0.1, -0.05) is 0 Å². The average molecular weight is 114 g/mol. The first kappa shape index (κ1) is 7.63. The lowest BCUT2D eigenvalue weighted by molar-refractivity contribution is 0.631. The van der Waals surface area contributed by atoms with E-state index in [1.807, 2.05) is 14.0 Å². The smallest absolute Gasteiger partial charge is 0.00876 e. The molecule has 2 N–H and O–H groups in total. The summed E-state index contributed by atoms with van der Waals surface area (Å²) in [6, 6.07) is 0.451. The van der Waals surface area contributed by atoms with Gasteiger partial charge in [0.1, 0.15) is 0 Å². The van der Waals surface area contributed by atoms with Gasteiger partial charge in [0.25, 0.3) is 0 Å². The number of nitrogens with one attached hydrogen (secondary N) is 2.